The highest BCUT2D eigenvalue weighted by Gasteiger charge is 2.38. The molecule has 0 aliphatic heterocycles. The Morgan fingerprint density at radius 3 is 2.21 bits per heavy atom. The Labute approximate surface area is 117 Å². The fourth-order valence-corrected chi connectivity index (χ4v) is 3.19. The van der Waals surface area contributed by atoms with Gasteiger partial charge in [0.05, 0.1) is 12.1 Å². The summed E-state index contributed by atoms with van der Waals surface area (Å²) < 4.78 is 0. The van der Waals surface area contributed by atoms with Crippen LogP contribution in [0.1, 0.15) is 46.5 Å². The third-order valence-corrected chi connectivity index (χ3v) is 4.65. The number of aliphatic hydroxyl groups excluding tert-OH is 1. The van der Waals surface area contributed by atoms with Crippen LogP contribution >= 0.6 is 0 Å². The maximum atomic E-state index is 9.83. The lowest BCUT2D eigenvalue weighted by atomic mass is 9.67. The highest BCUT2D eigenvalue weighted by atomic mass is 16.3. The van der Waals surface area contributed by atoms with Crippen molar-refractivity contribution in [3.63, 3.8) is 0 Å². The summed E-state index contributed by atoms with van der Waals surface area (Å²) in [6.07, 6.45) is 4.51. The van der Waals surface area contributed by atoms with E-state index >= 15 is 0 Å². The molecule has 0 amide bonds. The van der Waals surface area contributed by atoms with Crippen LogP contribution in [0.3, 0.4) is 0 Å². The second-order valence-electron chi connectivity index (χ2n) is 7.07. The van der Waals surface area contributed by atoms with Crippen LogP contribution < -0.4 is 5.32 Å². The van der Waals surface area contributed by atoms with Gasteiger partial charge in [0.25, 0.3) is 0 Å². The first-order valence-electron chi connectivity index (χ1n) is 7.39. The molecule has 0 heterocycles. The monoisotopic (exact) mass is 261 g/mol. The van der Waals surface area contributed by atoms with Crippen molar-refractivity contribution in [1.29, 1.82) is 0 Å². The summed E-state index contributed by atoms with van der Waals surface area (Å²) in [4.78, 5) is 0. The van der Waals surface area contributed by atoms with E-state index in [-0.39, 0.29) is 12.1 Å². The second-order valence-corrected chi connectivity index (χ2v) is 7.07. The van der Waals surface area contributed by atoms with Gasteiger partial charge < -0.3 is 10.4 Å². The minimum Gasteiger partial charge on any atom is -0.394 e. The molecule has 0 bridgehead atoms. The Bertz CT molecular complexity index is 385. The summed E-state index contributed by atoms with van der Waals surface area (Å²) in [5, 5.41) is 13.4. The zero-order valence-corrected chi connectivity index (χ0v) is 12.4. The number of benzene rings is 1. The largest absolute Gasteiger partial charge is 0.394 e. The smallest absolute Gasteiger partial charge is 0.0661 e. The number of aliphatic hydroxyl groups is 1. The maximum Gasteiger partial charge on any atom is 0.0661 e. The quantitative estimate of drug-likeness (QED) is 0.859. The lowest BCUT2D eigenvalue weighted by Gasteiger charge is -2.44. The number of hydrogen-bond acceptors (Lipinski definition) is 2. The molecule has 106 valence electrons. The van der Waals surface area contributed by atoms with Gasteiger partial charge in [0.1, 0.15) is 0 Å². The van der Waals surface area contributed by atoms with Gasteiger partial charge in [0, 0.05) is 5.69 Å². The predicted molar refractivity (Wildman–Crippen MR) is 81.3 cm³/mol. The summed E-state index contributed by atoms with van der Waals surface area (Å²) in [6.45, 7) is 7.20. The second kappa shape index (κ2) is 5.54. The van der Waals surface area contributed by atoms with Crippen LogP contribution in [0.2, 0.25) is 0 Å². The van der Waals surface area contributed by atoms with E-state index in [2.05, 4.69) is 38.2 Å². The molecule has 0 atom stereocenters. The molecule has 2 N–H and O–H groups in total. The normalized spacial score (nSPS) is 28.1. The Balaban J connectivity index is 2.02. The average Bonchev–Trinajstić information content (AvgIpc) is 2.39. The molecule has 0 saturated heterocycles. The van der Waals surface area contributed by atoms with E-state index in [0.29, 0.717) is 5.41 Å². The number of rotatable bonds is 3. The number of para-hydroxylation sites is 1. The van der Waals surface area contributed by atoms with E-state index in [4.69, 9.17) is 0 Å². The molecule has 1 aromatic carbocycles. The minimum atomic E-state index is -0.122. The van der Waals surface area contributed by atoms with Gasteiger partial charge in [0.2, 0.25) is 0 Å². The molecular weight excluding hydrogens is 234 g/mol. The van der Waals surface area contributed by atoms with Crippen LogP contribution in [0.4, 0.5) is 5.69 Å². The van der Waals surface area contributed by atoms with Crippen molar-refractivity contribution in [3.8, 4) is 0 Å². The predicted octanol–water partition coefficient (Wildman–Crippen LogP) is 4.07. The molecule has 19 heavy (non-hydrogen) atoms. The Morgan fingerprint density at radius 1 is 1.16 bits per heavy atom. The van der Waals surface area contributed by atoms with Gasteiger partial charge in [0.15, 0.2) is 0 Å². The third-order valence-electron chi connectivity index (χ3n) is 4.65. The fourth-order valence-electron chi connectivity index (χ4n) is 3.19. The van der Waals surface area contributed by atoms with Crippen LogP contribution in [-0.2, 0) is 0 Å². The molecular formula is C17H27NO. The third kappa shape index (κ3) is 3.50. The Kier molecular flexibility index (Phi) is 4.19. The van der Waals surface area contributed by atoms with Crippen LogP contribution in [0.15, 0.2) is 30.3 Å². The van der Waals surface area contributed by atoms with Gasteiger partial charge in [-0.2, -0.15) is 0 Å². The number of nitrogens with one attached hydrogen (secondary N) is 1. The van der Waals surface area contributed by atoms with E-state index < -0.39 is 0 Å². The highest BCUT2D eigenvalue weighted by molar-refractivity contribution is 5.45. The molecule has 0 unspecified atom stereocenters. The van der Waals surface area contributed by atoms with Gasteiger partial charge in [-0.15, -0.1) is 0 Å². The van der Waals surface area contributed by atoms with Gasteiger partial charge in [-0.05, 0) is 49.1 Å². The van der Waals surface area contributed by atoms with Gasteiger partial charge in [-0.25, -0.2) is 0 Å². The van der Waals surface area contributed by atoms with Crippen molar-refractivity contribution in [2.75, 3.05) is 11.9 Å². The summed E-state index contributed by atoms with van der Waals surface area (Å²) in [7, 11) is 0. The number of hydrogen-bond donors (Lipinski definition) is 2. The molecule has 1 aromatic rings. The standard InChI is InChI=1S/C17H27NO/c1-16(2,3)14-9-11-17(13-19,12-10-14)18-15-7-5-4-6-8-15/h4-8,14,18-19H,9-13H2,1-3H3. The van der Waals surface area contributed by atoms with E-state index in [0.717, 1.165) is 24.4 Å². The topological polar surface area (TPSA) is 32.3 Å². The first-order chi connectivity index (χ1) is 8.95. The fraction of sp³-hybridized carbons (Fsp3) is 0.647. The molecule has 2 heteroatoms. The maximum absolute atomic E-state index is 9.83. The van der Waals surface area contributed by atoms with Crippen LogP contribution in [0.25, 0.3) is 0 Å². The zero-order chi connectivity index (χ0) is 13.9. The van der Waals surface area contributed by atoms with Crippen molar-refractivity contribution in [1.82, 2.24) is 0 Å². The molecule has 0 aromatic heterocycles. The molecule has 1 saturated carbocycles. The summed E-state index contributed by atoms with van der Waals surface area (Å²) in [6, 6.07) is 10.2. The van der Waals surface area contributed by atoms with Crippen molar-refractivity contribution in [2.24, 2.45) is 11.3 Å². The lowest BCUT2D eigenvalue weighted by molar-refractivity contribution is 0.104. The van der Waals surface area contributed by atoms with Gasteiger partial charge in [-0.3, -0.25) is 0 Å². The SMILES string of the molecule is CC(C)(C)C1CCC(CO)(Nc2ccccc2)CC1. The van der Waals surface area contributed by atoms with Crippen molar-refractivity contribution < 1.29 is 5.11 Å². The molecule has 1 aliphatic carbocycles. The molecule has 1 fully saturated rings. The molecule has 1 aliphatic rings. The molecule has 0 radical (unpaired) electrons. The van der Waals surface area contributed by atoms with Crippen molar-refractivity contribution >= 4 is 5.69 Å². The van der Waals surface area contributed by atoms with E-state index in [1.807, 2.05) is 18.2 Å². The molecule has 0 spiro atoms. The van der Waals surface area contributed by atoms with Gasteiger partial charge in [-0.1, -0.05) is 39.0 Å². The minimum absolute atomic E-state index is 0.122. The van der Waals surface area contributed by atoms with Crippen molar-refractivity contribution in [2.45, 2.75) is 52.0 Å². The summed E-state index contributed by atoms with van der Waals surface area (Å²) in [5.74, 6) is 0.768. The Morgan fingerprint density at radius 2 is 1.74 bits per heavy atom. The first kappa shape index (κ1) is 14.4. The van der Waals surface area contributed by atoms with E-state index in [9.17, 15) is 5.11 Å². The van der Waals surface area contributed by atoms with E-state index in [1.54, 1.807) is 0 Å². The number of anilines is 1. The average molecular weight is 261 g/mol. The van der Waals surface area contributed by atoms with Crippen LogP contribution in [0.5, 0.6) is 0 Å². The van der Waals surface area contributed by atoms with E-state index in [1.165, 1.54) is 12.8 Å². The van der Waals surface area contributed by atoms with Crippen molar-refractivity contribution in [3.05, 3.63) is 30.3 Å². The Hall–Kier alpha value is -1.02. The first-order valence-corrected chi connectivity index (χ1v) is 7.39. The van der Waals surface area contributed by atoms with Crippen LogP contribution in [0, 0.1) is 11.3 Å². The van der Waals surface area contributed by atoms with Crippen LogP contribution in [-0.4, -0.2) is 17.3 Å². The summed E-state index contributed by atoms with van der Waals surface area (Å²) in [5.41, 5.74) is 1.38. The highest BCUT2D eigenvalue weighted by Crippen LogP contribution is 2.42. The van der Waals surface area contributed by atoms with Gasteiger partial charge >= 0.3 is 0 Å². The summed E-state index contributed by atoms with van der Waals surface area (Å²) >= 11 is 0. The molecule has 2 nitrogen and oxygen atoms in total. The lowest BCUT2D eigenvalue weighted by Crippen LogP contribution is -2.46. The molecule has 2 rings (SSSR count). The zero-order valence-electron chi connectivity index (χ0n) is 12.4.